The number of esters is 1. The molecule has 0 unspecified atom stereocenters. The molecule has 3 aromatic rings. The van der Waals surface area contributed by atoms with E-state index in [1.54, 1.807) is 87.0 Å². The van der Waals surface area contributed by atoms with Gasteiger partial charge >= 0.3 is 5.97 Å². The molecule has 6 heteroatoms. The Morgan fingerprint density at radius 3 is 1.84 bits per heavy atom. The van der Waals surface area contributed by atoms with Crippen molar-refractivity contribution in [3.8, 4) is 23.0 Å². The van der Waals surface area contributed by atoms with Gasteiger partial charge in [-0.1, -0.05) is 24.3 Å². The molecule has 0 aliphatic rings. The van der Waals surface area contributed by atoms with Crippen LogP contribution in [0.5, 0.6) is 23.0 Å². The minimum Gasteiger partial charge on any atom is -0.497 e. The molecule has 3 rings (SSSR count). The summed E-state index contributed by atoms with van der Waals surface area (Å²) in [5.74, 6) is 2.04. The predicted molar refractivity (Wildman–Crippen MR) is 118 cm³/mol. The van der Waals surface area contributed by atoms with Crippen LogP contribution in [0.3, 0.4) is 0 Å². The third-order valence-corrected chi connectivity index (χ3v) is 4.60. The van der Waals surface area contributed by atoms with Gasteiger partial charge in [0.2, 0.25) is 0 Å². The maximum Gasteiger partial charge on any atom is 0.338 e. The molecule has 160 valence electrons. The first kappa shape index (κ1) is 21.9. The van der Waals surface area contributed by atoms with Crippen LogP contribution in [0.25, 0.3) is 11.6 Å². The summed E-state index contributed by atoms with van der Waals surface area (Å²) in [5.41, 5.74) is 2.61. The monoisotopic (exact) mass is 420 g/mol. The van der Waals surface area contributed by atoms with Gasteiger partial charge in [0, 0.05) is 6.07 Å². The van der Waals surface area contributed by atoms with Crippen molar-refractivity contribution in [2.75, 3.05) is 21.3 Å². The Labute approximate surface area is 181 Å². The summed E-state index contributed by atoms with van der Waals surface area (Å²) >= 11 is 0. The van der Waals surface area contributed by atoms with E-state index < -0.39 is 5.97 Å². The normalized spacial score (nSPS) is 11.0. The number of hydrogen-bond acceptors (Lipinski definition) is 6. The summed E-state index contributed by atoms with van der Waals surface area (Å²) in [6, 6.07) is 19.7. The fourth-order valence-electron chi connectivity index (χ4n) is 2.95. The van der Waals surface area contributed by atoms with Gasteiger partial charge in [0.15, 0.2) is 0 Å². The molecular weight excluding hydrogens is 396 g/mol. The zero-order valence-corrected chi connectivity index (χ0v) is 17.6. The van der Waals surface area contributed by atoms with E-state index in [4.69, 9.17) is 24.1 Å². The number of rotatable bonds is 8. The number of hydrogen-bond donors (Lipinski definition) is 1. The van der Waals surface area contributed by atoms with Crippen molar-refractivity contribution in [1.29, 1.82) is 0 Å². The quantitative estimate of drug-likeness (QED) is 0.323. The van der Waals surface area contributed by atoms with Crippen molar-refractivity contribution < 1.29 is 28.8 Å². The highest BCUT2D eigenvalue weighted by Gasteiger charge is 2.14. The van der Waals surface area contributed by atoms with E-state index in [2.05, 4.69) is 0 Å². The molecule has 0 amide bonds. The van der Waals surface area contributed by atoms with Gasteiger partial charge < -0.3 is 24.1 Å². The summed E-state index contributed by atoms with van der Waals surface area (Å²) in [6.07, 6.45) is 1.72. The Kier molecular flexibility index (Phi) is 7.30. The van der Waals surface area contributed by atoms with Crippen molar-refractivity contribution in [3.63, 3.8) is 0 Å². The number of carbonyl (C=O) groups is 1. The van der Waals surface area contributed by atoms with Crippen LogP contribution < -0.4 is 14.2 Å². The van der Waals surface area contributed by atoms with Gasteiger partial charge in [-0.2, -0.15) is 0 Å². The average Bonchev–Trinajstić information content (AvgIpc) is 2.82. The molecule has 6 nitrogen and oxygen atoms in total. The second-order valence-electron chi connectivity index (χ2n) is 6.62. The largest absolute Gasteiger partial charge is 0.497 e. The zero-order chi connectivity index (χ0) is 22.2. The molecule has 0 heterocycles. The number of aliphatic hydroxyl groups excluding tert-OH is 1. The first-order valence-corrected chi connectivity index (χ1v) is 9.57. The Bertz CT molecular complexity index is 1030. The van der Waals surface area contributed by atoms with Gasteiger partial charge in [0.1, 0.15) is 23.0 Å². The second-order valence-corrected chi connectivity index (χ2v) is 6.62. The lowest BCUT2D eigenvalue weighted by Crippen LogP contribution is -2.04. The average molecular weight is 420 g/mol. The van der Waals surface area contributed by atoms with Crippen LogP contribution in [0.2, 0.25) is 0 Å². The Morgan fingerprint density at radius 1 is 0.806 bits per heavy atom. The number of aliphatic hydroxyl groups is 1. The van der Waals surface area contributed by atoms with Gasteiger partial charge in [-0.25, -0.2) is 4.79 Å². The Balaban J connectivity index is 1.89. The molecule has 0 aliphatic carbocycles. The van der Waals surface area contributed by atoms with E-state index >= 15 is 0 Å². The summed E-state index contributed by atoms with van der Waals surface area (Å²) < 4.78 is 21.4. The number of methoxy groups -OCH3 is 3. The maximum atomic E-state index is 12.5. The van der Waals surface area contributed by atoms with Crippen molar-refractivity contribution in [2.24, 2.45) is 0 Å². The third kappa shape index (κ3) is 5.65. The van der Waals surface area contributed by atoms with E-state index in [0.717, 1.165) is 11.1 Å². The fourth-order valence-corrected chi connectivity index (χ4v) is 2.95. The minimum atomic E-state index is -0.463. The van der Waals surface area contributed by atoms with Gasteiger partial charge in [-0.15, -0.1) is 0 Å². The Hall–Kier alpha value is -3.77. The second kappa shape index (κ2) is 10.3. The van der Waals surface area contributed by atoms with Crippen molar-refractivity contribution in [1.82, 2.24) is 0 Å². The summed E-state index contributed by atoms with van der Waals surface area (Å²) in [7, 11) is 4.48. The van der Waals surface area contributed by atoms with Gasteiger partial charge in [0.25, 0.3) is 0 Å². The highest BCUT2D eigenvalue weighted by atomic mass is 16.5. The van der Waals surface area contributed by atoms with Gasteiger partial charge in [-0.05, 0) is 59.2 Å². The molecule has 0 saturated heterocycles. The van der Waals surface area contributed by atoms with Crippen LogP contribution in [-0.4, -0.2) is 32.4 Å². The molecule has 0 atom stereocenters. The molecule has 0 saturated carbocycles. The molecule has 3 aromatic carbocycles. The van der Waals surface area contributed by atoms with E-state index in [1.165, 1.54) is 7.11 Å². The molecule has 0 fully saturated rings. The standard InChI is InChI=1S/C25H24O6/c1-28-22-12-18(13-23(15-22)29-2)14-24(25(27)30-3)19-6-10-21(11-7-19)31-20-8-4-17(16-26)5-9-20/h4-15,26H,16H2,1-3H3/b24-14+. The van der Waals surface area contributed by atoms with Crippen LogP contribution in [0.15, 0.2) is 66.7 Å². The molecule has 0 bridgehead atoms. The lowest BCUT2D eigenvalue weighted by atomic mass is 10.0. The smallest absolute Gasteiger partial charge is 0.338 e. The van der Waals surface area contributed by atoms with Gasteiger partial charge in [-0.3, -0.25) is 0 Å². The van der Waals surface area contributed by atoms with Gasteiger partial charge in [0.05, 0.1) is 33.5 Å². The third-order valence-electron chi connectivity index (χ3n) is 4.60. The highest BCUT2D eigenvalue weighted by molar-refractivity contribution is 6.21. The van der Waals surface area contributed by atoms with E-state index in [-0.39, 0.29) is 6.61 Å². The summed E-state index contributed by atoms with van der Waals surface area (Å²) in [5, 5.41) is 9.13. The molecular formula is C25H24O6. The zero-order valence-electron chi connectivity index (χ0n) is 17.6. The first-order chi connectivity index (χ1) is 15.1. The fraction of sp³-hybridized carbons (Fsp3) is 0.160. The Morgan fingerprint density at radius 2 is 1.35 bits per heavy atom. The minimum absolute atomic E-state index is 0.0171. The number of benzene rings is 3. The summed E-state index contributed by atoms with van der Waals surface area (Å²) in [6.45, 7) is -0.0171. The van der Waals surface area contributed by atoms with E-state index in [1.807, 2.05) is 0 Å². The van der Waals surface area contributed by atoms with Crippen LogP contribution >= 0.6 is 0 Å². The lowest BCUT2D eigenvalue weighted by molar-refractivity contribution is -0.133. The summed E-state index contributed by atoms with van der Waals surface area (Å²) in [4.78, 5) is 12.5. The molecule has 1 N–H and O–H groups in total. The van der Waals surface area contributed by atoms with Crippen LogP contribution in [0.1, 0.15) is 16.7 Å². The SMILES string of the molecule is COC(=O)/C(=C/c1cc(OC)cc(OC)c1)c1ccc(Oc2ccc(CO)cc2)cc1. The van der Waals surface area contributed by atoms with E-state index in [0.29, 0.717) is 34.1 Å². The van der Waals surface area contributed by atoms with E-state index in [9.17, 15) is 4.79 Å². The topological polar surface area (TPSA) is 74.2 Å². The first-order valence-electron chi connectivity index (χ1n) is 9.57. The van der Waals surface area contributed by atoms with Crippen LogP contribution in [-0.2, 0) is 16.1 Å². The van der Waals surface area contributed by atoms with Crippen molar-refractivity contribution >= 4 is 17.6 Å². The number of carbonyl (C=O) groups excluding carboxylic acids is 1. The van der Waals surface area contributed by atoms with Crippen LogP contribution in [0, 0.1) is 0 Å². The maximum absolute atomic E-state index is 12.5. The molecule has 0 spiro atoms. The molecule has 0 aliphatic heterocycles. The lowest BCUT2D eigenvalue weighted by Gasteiger charge is -2.10. The van der Waals surface area contributed by atoms with Crippen molar-refractivity contribution in [3.05, 3.63) is 83.4 Å². The van der Waals surface area contributed by atoms with Crippen molar-refractivity contribution in [2.45, 2.75) is 6.61 Å². The molecule has 0 radical (unpaired) electrons. The molecule has 0 aromatic heterocycles. The van der Waals surface area contributed by atoms with Crippen LogP contribution in [0.4, 0.5) is 0 Å². The number of ether oxygens (including phenoxy) is 4. The molecule has 31 heavy (non-hydrogen) atoms. The highest BCUT2D eigenvalue weighted by Crippen LogP contribution is 2.28. The predicted octanol–water partition coefficient (Wildman–Crippen LogP) is 4.70.